The molecule has 1 aliphatic heterocycles. The number of rotatable bonds is 6. The first-order valence-corrected chi connectivity index (χ1v) is 8.25. The lowest BCUT2D eigenvalue weighted by atomic mass is 9.95. The number of carbonyl (C=O) groups excluding carboxylic acids is 1. The lowest BCUT2D eigenvalue weighted by Gasteiger charge is -2.19. The highest BCUT2D eigenvalue weighted by Crippen LogP contribution is 2.33. The summed E-state index contributed by atoms with van der Waals surface area (Å²) in [7, 11) is 0. The summed E-state index contributed by atoms with van der Waals surface area (Å²) < 4.78 is 7.66. The van der Waals surface area contributed by atoms with Crippen molar-refractivity contribution < 1.29 is 9.53 Å². The molecule has 0 spiro atoms. The highest BCUT2D eigenvalue weighted by atomic mass is 16.5. The molecule has 23 heavy (non-hydrogen) atoms. The van der Waals surface area contributed by atoms with Gasteiger partial charge in [0.25, 0.3) is 5.91 Å². The van der Waals surface area contributed by atoms with Gasteiger partial charge in [-0.25, -0.2) is 0 Å². The predicted molar refractivity (Wildman–Crippen MR) is 88.1 cm³/mol. The number of amides is 1. The lowest BCUT2D eigenvalue weighted by molar-refractivity contribution is 0.0846. The SMILES string of the molecule is CCCn1cc(C(=O)NC[C@@H]2CCO[C@H]2c2ccccc2)cn1. The Morgan fingerprint density at radius 1 is 1.39 bits per heavy atom. The van der Waals surface area contributed by atoms with Crippen molar-refractivity contribution >= 4 is 5.91 Å². The first kappa shape index (κ1) is 15.7. The summed E-state index contributed by atoms with van der Waals surface area (Å²) in [6.45, 7) is 4.29. The van der Waals surface area contributed by atoms with E-state index in [2.05, 4.69) is 29.5 Å². The van der Waals surface area contributed by atoms with Crippen molar-refractivity contribution in [3.63, 3.8) is 0 Å². The molecule has 1 aliphatic rings. The zero-order valence-corrected chi connectivity index (χ0v) is 13.4. The Morgan fingerprint density at radius 3 is 3.00 bits per heavy atom. The van der Waals surface area contributed by atoms with Crippen LogP contribution in [0.2, 0.25) is 0 Å². The zero-order chi connectivity index (χ0) is 16.1. The second-order valence-electron chi connectivity index (χ2n) is 5.95. The zero-order valence-electron chi connectivity index (χ0n) is 13.4. The molecule has 0 unspecified atom stereocenters. The molecule has 1 fully saturated rings. The normalized spacial score (nSPS) is 20.6. The molecule has 122 valence electrons. The standard InChI is InChI=1S/C18H23N3O2/c1-2-9-21-13-16(12-20-21)18(22)19-11-15-8-10-23-17(15)14-6-4-3-5-7-14/h3-7,12-13,15,17H,2,8-11H2,1H3,(H,19,22)/t15-,17-/m0/s1. The van der Waals surface area contributed by atoms with E-state index in [-0.39, 0.29) is 12.0 Å². The fraction of sp³-hybridized carbons (Fsp3) is 0.444. The van der Waals surface area contributed by atoms with Crippen LogP contribution in [0.5, 0.6) is 0 Å². The fourth-order valence-corrected chi connectivity index (χ4v) is 3.01. The Labute approximate surface area is 136 Å². The Morgan fingerprint density at radius 2 is 2.22 bits per heavy atom. The molecule has 1 aromatic heterocycles. The molecule has 0 radical (unpaired) electrons. The van der Waals surface area contributed by atoms with E-state index in [1.165, 1.54) is 5.56 Å². The summed E-state index contributed by atoms with van der Waals surface area (Å²) in [6, 6.07) is 10.2. The maximum absolute atomic E-state index is 12.3. The summed E-state index contributed by atoms with van der Waals surface area (Å²) in [4.78, 5) is 12.3. The molecular weight excluding hydrogens is 290 g/mol. The van der Waals surface area contributed by atoms with Crippen molar-refractivity contribution in [1.82, 2.24) is 15.1 Å². The van der Waals surface area contributed by atoms with E-state index >= 15 is 0 Å². The number of hydrogen-bond donors (Lipinski definition) is 1. The Bertz CT molecular complexity index is 639. The molecule has 1 amide bonds. The molecule has 1 saturated heterocycles. The maximum Gasteiger partial charge on any atom is 0.254 e. The van der Waals surface area contributed by atoms with Gasteiger partial charge in [-0.3, -0.25) is 9.48 Å². The molecule has 5 heteroatoms. The van der Waals surface area contributed by atoms with Crippen LogP contribution >= 0.6 is 0 Å². The van der Waals surface area contributed by atoms with Crippen molar-refractivity contribution in [2.45, 2.75) is 32.4 Å². The summed E-state index contributed by atoms with van der Waals surface area (Å²) in [6.07, 6.45) is 5.47. The van der Waals surface area contributed by atoms with Crippen LogP contribution in [-0.2, 0) is 11.3 Å². The molecule has 5 nitrogen and oxygen atoms in total. The average Bonchev–Trinajstić information content (AvgIpc) is 3.23. The highest BCUT2D eigenvalue weighted by Gasteiger charge is 2.29. The van der Waals surface area contributed by atoms with Crippen LogP contribution in [-0.4, -0.2) is 28.8 Å². The van der Waals surface area contributed by atoms with Crippen LogP contribution in [0.25, 0.3) is 0 Å². The van der Waals surface area contributed by atoms with E-state index in [9.17, 15) is 4.79 Å². The minimum absolute atomic E-state index is 0.0638. The highest BCUT2D eigenvalue weighted by molar-refractivity contribution is 5.93. The number of hydrogen-bond acceptors (Lipinski definition) is 3. The van der Waals surface area contributed by atoms with Gasteiger partial charge in [0, 0.05) is 31.8 Å². The van der Waals surface area contributed by atoms with Gasteiger partial charge < -0.3 is 10.1 Å². The average molecular weight is 313 g/mol. The van der Waals surface area contributed by atoms with Crippen LogP contribution < -0.4 is 5.32 Å². The van der Waals surface area contributed by atoms with Crippen molar-refractivity contribution in [3.05, 3.63) is 53.9 Å². The van der Waals surface area contributed by atoms with Crippen LogP contribution in [0.15, 0.2) is 42.7 Å². The minimum atomic E-state index is -0.0638. The van der Waals surface area contributed by atoms with Gasteiger partial charge >= 0.3 is 0 Å². The van der Waals surface area contributed by atoms with E-state index in [1.54, 1.807) is 17.1 Å². The first-order valence-electron chi connectivity index (χ1n) is 8.25. The Balaban J connectivity index is 1.57. The van der Waals surface area contributed by atoms with Crippen molar-refractivity contribution in [2.75, 3.05) is 13.2 Å². The number of carbonyl (C=O) groups is 1. The van der Waals surface area contributed by atoms with Gasteiger partial charge in [-0.1, -0.05) is 37.3 Å². The van der Waals surface area contributed by atoms with Gasteiger partial charge in [-0.2, -0.15) is 5.10 Å². The van der Waals surface area contributed by atoms with E-state index in [0.717, 1.165) is 26.0 Å². The third kappa shape index (κ3) is 3.79. The molecule has 1 N–H and O–H groups in total. The van der Waals surface area contributed by atoms with Crippen molar-refractivity contribution in [3.8, 4) is 0 Å². The second-order valence-corrected chi connectivity index (χ2v) is 5.95. The van der Waals surface area contributed by atoms with Gasteiger partial charge in [0.2, 0.25) is 0 Å². The van der Waals surface area contributed by atoms with Gasteiger partial charge in [0.05, 0.1) is 17.9 Å². The molecule has 0 bridgehead atoms. The fourth-order valence-electron chi connectivity index (χ4n) is 3.01. The van der Waals surface area contributed by atoms with Gasteiger partial charge in [-0.05, 0) is 18.4 Å². The van der Waals surface area contributed by atoms with Crippen LogP contribution in [0, 0.1) is 5.92 Å². The topological polar surface area (TPSA) is 56.2 Å². The molecule has 3 rings (SSSR count). The number of nitrogens with one attached hydrogen (secondary N) is 1. The molecular formula is C18H23N3O2. The summed E-state index contributed by atoms with van der Waals surface area (Å²) in [5.74, 6) is 0.248. The number of ether oxygens (including phenoxy) is 1. The van der Waals surface area contributed by atoms with Crippen LogP contribution in [0.3, 0.4) is 0 Å². The molecule has 1 aromatic carbocycles. The lowest BCUT2D eigenvalue weighted by Crippen LogP contribution is -2.30. The maximum atomic E-state index is 12.3. The summed E-state index contributed by atoms with van der Waals surface area (Å²) >= 11 is 0. The van der Waals surface area contributed by atoms with Gasteiger partial charge in [0.15, 0.2) is 0 Å². The third-order valence-corrected chi connectivity index (χ3v) is 4.22. The monoisotopic (exact) mass is 313 g/mol. The molecule has 0 aliphatic carbocycles. The molecule has 2 atom stereocenters. The quantitative estimate of drug-likeness (QED) is 0.892. The van der Waals surface area contributed by atoms with Crippen molar-refractivity contribution in [1.29, 1.82) is 0 Å². The van der Waals surface area contributed by atoms with Crippen LogP contribution in [0.1, 0.15) is 41.8 Å². The second kappa shape index (κ2) is 7.42. The van der Waals surface area contributed by atoms with Gasteiger partial charge in [-0.15, -0.1) is 0 Å². The summed E-state index contributed by atoms with van der Waals surface area (Å²) in [5, 5.41) is 7.22. The molecule has 2 heterocycles. The largest absolute Gasteiger partial charge is 0.373 e. The smallest absolute Gasteiger partial charge is 0.254 e. The van der Waals surface area contributed by atoms with Gasteiger partial charge in [0.1, 0.15) is 0 Å². The third-order valence-electron chi connectivity index (χ3n) is 4.22. The Kier molecular flexibility index (Phi) is 5.08. The number of aromatic nitrogens is 2. The summed E-state index contributed by atoms with van der Waals surface area (Å²) in [5.41, 5.74) is 1.80. The number of aryl methyl sites for hydroxylation is 1. The van der Waals surface area contributed by atoms with E-state index < -0.39 is 0 Å². The first-order chi connectivity index (χ1) is 11.3. The predicted octanol–water partition coefficient (Wildman–Crippen LogP) is 2.80. The molecule has 2 aromatic rings. The van der Waals surface area contributed by atoms with Crippen molar-refractivity contribution in [2.24, 2.45) is 5.92 Å². The number of benzene rings is 1. The van der Waals surface area contributed by atoms with Crippen LogP contribution in [0.4, 0.5) is 0 Å². The molecule has 0 saturated carbocycles. The van der Waals surface area contributed by atoms with E-state index in [0.29, 0.717) is 18.0 Å². The number of nitrogens with zero attached hydrogens (tertiary/aromatic N) is 2. The minimum Gasteiger partial charge on any atom is -0.373 e. The Hall–Kier alpha value is -2.14. The van der Waals surface area contributed by atoms with E-state index in [1.807, 2.05) is 18.2 Å². The van der Waals surface area contributed by atoms with E-state index in [4.69, 9.17) is 4.74 Å².